The molecule has 0 fully saturated rings. The first-order chi connectivity index (χ1) is 14.9. The van der Waals surface area contributed by atoms with Gasteiger partial charge in [-0.05, 0) is 43.2 Å². The lowest BCUT2D eigenvalue weighted by atomic mass is 9.97. The van der Waals surface area contributed by atoms with E-state index in [1.807, 2.05) is 62.4 Å². The summed E-state index contributed by atoms with van der Waals surface area (Å²) in [6.07, 6.45) is 0. The van der Waals surface area contributed by atoms with Crippen LogP contribution in [0.15, 0.2) is 75.9 Å². The maximum Gasteiger partial charge on any atom is 0.291 e. The lowest BCUT2D eigenvalue weighted by Crippen LogP contribution is -2.29. The van der Waals surface area contributed by atoms with Crippen molar-refractivity contribution < 1.29 is 9.21 Å². The van der Waals surface area contributed by atoms with Crippen molar-refractivity contribution in [1.29, 1.82) is 0 Å². The Morgan fingerprint density at radius 1 is 0.903 bits per heavy atom. The molecule has 1 aliphatic rings. The Hall–Kier alpha value is -3.37. The summed E-state index contributed by atoms with van der Waals surface area (Å²) >= 11 is 6.13. The minimum absolute atomic E-state index is 0.109. The maximum atomic E-state index is 13.5. The molecule has 0 saturated carbocycles. The Bertz CT molecular complexity index is 1370. The summed E-state index contributed by atoms with van der Waals surface area (Å²) < 4.78 is 5.97. The molecule has 0 N–H and O–H groups in total. The summed E-state index contributed by atoms with van der Waals surface area (Å²) in [5.74, 6) is -0.174. The molecule has 3 aromatic carbocycles. The molecule has 4 aromatic rings. The number of aryl methyl sites for hydroxylation is 2. The normalized spacial score (nSPS) is 15.5. The van der Waals surface area contributed by atoms with E-state index in [1.165, 1.54) is 0 Å². The second kappa shape index (κ2) is 7.40. The van der Waals surface area contributed by atoms with Crippen LogP contribution in [0.3, 0.4) is 0 Å². The second-order valence-electron chi connectivity index (χ2n) is 8.05. The smallest absolute Gasteiger partial charge is 0.291 e. The predicted molar refractivity (Wildman–Crippen MR) is 122 cm³/mol. The first-order valence-electron chi connectivity index (χ1n) is 10.1. The molecule has 0 aliphatic carbocycles. The van der Waals surface area contributed by atoms with Crippen molar-refractivity contribution in [3.8, 4) is 0 Å². The minimum atomic E-state index is -0.524. The average molecular weight is 430 g/mol. The van der Waals surface area contributed by atoms with Gasteiger partial charge in [0.1, 0.15) is 5.58 Å². The van der Waals surface area contributed by atoms with E-state index in [0.717, 1.165) is 22.3 Å². The summed E-state index contributed by atoms with van der Waals surface area (Å²) in [4.78, 5) is 28.7. The molecule has 0 radical (unpaired) electrons. The fourth-order valence-electron chi connectivity index (χ4n) is 4.14. The van der Waals surface area contributed by atoms with E-state index in [1.54, 1.807) is 23.1 Å². The molecular formula is C26H20ClNO3. The van der Waals surface area contributed by atoms with E-state index in [9.17, 15) is 9.59 Å². The van der Waals surface area contributed by atoms with Crippen molar-refractivity contribution in [3.63, 3.8) is 0 Å². The molecule has 5 rings (SSSR count). The zero-order chi connectivity index (χ0) is 21.7. The second-order valence-corrected chi connectivity index (χ2v) is 8.48. The zero-order valence-corrected chi connectivity index (χ0v) is 17.9. The van der Waals surface area contributed by atoms with Gasteiger partial charge in [-0.15, -0.1) is 0 Å². The first kappa shape index (κ1) is 19.6. The Balaban J connectivity index is 1.72. The van der Waals surface area contributed by atoms with Crippen molar-refractivity contribution in [2.45, 2.75) is 26.4 Å². The van der Waals surface area contributed by atoms with Gasteiger partial charge in [0.05, 0.1) is 17.0 Å². The van der Waals surface area contributed by atoms with Gasteiger partial charge in [0.25, 0.3) is 5.91 Å². The van der Waals surface area contributed by atoms with Gasteiger partial charge in [-0.1, -0.05) is 71.3 Å². The average Bonchev–Trinajstić information content (AvgIpc) is 3.03. The van der Waals surface area contributed by atoms with Gasteiger partial charge in [-0.25, -0.2) is 0 Å². The maximum absolute atomic E-state index is 13.5. The van der Waals surface area contributed by atoms with Gasteiger partial charge in [0.2, 0.25) is 5.76 Å². The molecule has 0 bridgehead atoms. The van der Waals surface area contributed by atoms with Crippen LogP contribution < -0.4 is 5.43 Å². The standard InChI is InChI=1S/C26H20ClNO3/c1-15-3-7-17(8-4-15)14-28-23(18-9-5-16(2)6-10-18)22-24(29)20-13-19(27)11-12-21(20)31-25(22)26(28)30/h3-13,23H,14H2,1-2H3. The third kappa shape index (κ3) is 3.33. The fourth-order valence-corrected chi connectivity index (χ4v) is 4.31. The molecule has 4 nitrogen and oxygen atoms in total. The van der Waals surface area contributed by atoms with Crippen LogP contribution >= 0.6 is 11.6 Å². The lowest BCUT2D eigenvalue weighted by molar-refractivity contribution is 0.0714. The number of nitrogens with zero attached hydrogens (tertiary/aromatic N) is 1. The highest BCUT2D eigenvalue weighted by Gasteiger charge is 2.42. The van der Waals surface area contributed by atoms with E-state index >= 15 is 0 Å². The highest BCUT2D eigenvalue weighted by molar-refractivity contribution is 6.31. The SMILES string of the molecule is Cc1ccc(CN2C(=O)c3oc4ccc(Cl)cc4c(=O)c3C2c2ccc(C)cc2)cc1. The number of rotatable bonds is 3. The van der Waals surface area contributed by atoms with Crippen LogP contribution in [0.2, 0.25) is 5.02 Å². The van der Waals surface area contributed by atoms with Gasteiger partial charge in [0.15, 0.2) is 5.43 Å². The van der Waals surface area contributed by atoms with Crippen molar-refractivity contribution in [1.82, 2.24) is 4.90 Å². The first-order valence-corrected chi connectivity index (χ1v) is 10.5. The lowest BCUT2D eigenvalue weighted by Gasteiger charge is -2.25. The van der Waals surface area contributed by atoms with Crippen LogP contribution in [-0.4, -0.2) is 10.8 Å². The Labute approximate surface area is 184 Å². The summed E-state index contributed by atoms with van der Waals surface area (Å²) in [6, 6.07) is 20.3. The third-order valence-electron chi connectivity index (χ3n) is 5.79. The molecule has 154 valence electrons. The number of hydrogen-bond acceptors (Lipinski definition) is 3. The van der Waals surface area contributed by atoms with E-state index in [2.05, 4.69) is 0 Å². The summed E-state index contributed by atoms with van der Waals surface area (Å²) in [5, 5.41) is 0.834. The molecule has 0 spiro atoms. The topological polar surface area (TPSA) is 50.5 Å². The van der Waals surface area contributed by atoms with Gasteiger partial charge in [-0.3, -0.25) is 9.59 Å². The van der Waals surface area contributed by atoms with E-state index < -0.39 is 6.04 Å². The quantitative estimate of drug-likeness (QED) is 0.413. The Kier molecular flexibility index (Phi) is 4.67. The van der Waals surface area contributed by atoms with Crippen LogP contribution in [0.1, 0.15) is 44.4 Å². The molecule has 2 heterocycles. The molecule has 0 saturated heterocycles. The van der Waals surface area contributed by atoms with Crippen LogP contribution in [0, 0.1) is 13.8 Å². The number of fused-ring (bicyclic) bond motifs is 2. The Morgan fingerprint density at radius 2 is 1.55 bits per heavy atom. The van der Waals surface area contributed by atoms with Crippen LogP contribution in [0.4, 0.5) is 0 Å². The van der Waals surface area contributed by atoms with Gasteiger partial charge >= 0.3 is 0 Å². The van der Waals surface area contributed by atoms with Crippen molar-refractivity contribution in [2.24, 2.45) is 0 Å². The van der Waals surface area contributed by atoms with Crippen LogP contribution in [-0.2, 0) is 6.54 Å². The number of hydrogen-bond donors (Lipinski definition) is 0. The van der Waals surface area contributed by atoms with E-state index in [0.29, 0.717) is 28.1 Å². The Morgan fingerprint density at radius 3 is 2.23 bits per heavy atom. The molecule has 1 atom stereocenters. The predicted octanol–water partition coefficient (Wildman–Crippen LogP) is 5.81. The highest BCUT2D eigenvalue weighted by atomic mass is 35.5. The van der Waals surface area contributed by atoms with Crippen LogP contribution in [0.25, 0.3) is 11.0 Å². The molecule has 5 heteroatoms. The highest BCUT2D eigenvalue weighted by Crippen LogP contribution is 2.39. The third-order valence-corrected chi connectivity index (χ3v) is 6.03. The molecular weight excluding hydrogens is 410 g/mol. The molecule has 1 unspecified atom stereocenters. The summed E-state index contributed by atoms with van der Waals surface area (Å²) in [7, 11) is 0. The van der Waals surface area contributed by atoms with Crippen molar-refractivity contribution in [3.05, 3.63) is 116 Å². The number of benzene rings is 3. The van der Waals surface area contributed by atoms with Gasteiger partial charge in [0, 0.05) is 11.6 Å². The zero-order valence-electron chi connectivity index (χ0n) is 17.2. The number of carbonyl (C=O) groups is 1. The van der Waals surface area contributed by atoms with Crippen LogP contribution in [0.5, 0.6) is 0 Å². The summed E-state index contributed by atoms with van der Waals surface area (Å²) in [5.41, 5.74) is 4.63. The van der Waals surface area contributed by atoms with Gasteiger partial charge < -0.3 is 9.32 Å². The monoisotopic (exact) mass is 429 g/mol. The summed E-state index contributed by atoms with van der Waals surface area (Å²) in [6.45, 7) is 4.40. The number of amides is 1. The van der Waals surface area contributed by atoms with Crippen molar-refractivity contribution >= 4 is 28.5 Å². The van der Waals surface area contributed by atoms with Gasteiger partial charge in [-0.2, -0.15) is 0 Å². The number of halogens is 1. The molecule has 1 aliphatic heterocycles. The van der Waals surface area contributed by atoms with E-state index in [-0.39, 0.29) is 17.1 Å². The van der Waals surface area contributed by atoms with Crippen molar-refractivity contribution in [2.75, 3.05) is 0 Å². The minimum Gasteiger partial charge on any atom is -0.450 e. The van der Waals surface area contributed by atoms with E-state index in [4.69, 9.17) is 16.0 Å². The molecule has 31 heavy (non-hydrogen) atoms. The molecule has 1 amide bonds. The number of carbonyl (C=O) groups excluding carboxylic acids is 1. The largest absolute Gasteiger partial charge is 0.450 e. The molecule has 1 aromatic heterocycles. The fraction of sp³-hybridized carbons (Fsp3) is 0.154.